The van der Waals surface area contributed by atoms with Crippen LogP contribution in [-0.2, 0) is 16.0 Å². The van der Waals surface area contributed by atoms with Crippen LogP contribution in [0, 0.1) is 13.8 Å². The molecule has 1 unspecified atom stereocenters. The van der Waals surface area contributed by atoms with Gasteiger partial charge < -0.3 is 9.84 Å². The fraction of sp³-hybridized carbons (Fsp3) is 0.192. The Bertz CT molecular complexity index is 1260. The Hall–Kier alpha value is -3.93. The summed E-state index contributed by atoms with van der Waals surface area (Å²) in [6.45, 7) is 4.48. The zero-order chi connectivity index (χ0) is 22.4. The molecular formula is C26H22N2O4. The monoisotopic (exact) mass is 426 g/mol. The summed E-state index contributed by atoms with van der Waals surface area (Å²) in [6, 6.07) is 13.8. The van der Waals surface area contributed by atoms with E-state index in [0.717, 1.165) is 28.9 Å². The highest BCUT2D eigenvalue weighted by atomic mass is 16.5. The molecule has 32 heavy (non-hydrogen) atoms. The lowest BCUT2D eigenvalue weighted by Crippen LogP contribution is -2.29. The van der Waals surface area contributed by atoms with Gasteiger partial charge in [-0.25, -0.2) is 0 Å². The quantitative estimate of drug-likeness (QED) is 0.385. The van der Waals surface area contributed by atoms with Crippen LogP contribution in [0.25, 0.3) is 5.76 Å². The van der Waals surface area contributed by atoms with Crippen molar-refractivity contribution >= 4 is 23.1 Å². The predicted molar refractivity (Wildman–Crippen MR) is 121 cm³/mol. The summed E-state index contributed by atoms with van der Waals surface area (Å²) < 4.78 is 5.55. The van der Waals surface area contributed by atoms with Gasteiger partial charge in [-0.05, 0) is 72.5 Å². The third kappa shape index (κ3) is 3.24. The number of amides is 1. The summed E-state index contributed by atoms with van der Waals surface area (Å²) in [5.41, 5.74) is 4.73. The van der Waals surface area contributed by atoms with Gasteiger partial charge in [-0.1, -0.05) is 12.1 Å². The fourth-order valence-corrected chi connectivity index (χ4v) is 4.53. The number of ketones is 1. The first-order valence-corrected chi connectivity index (χ1v) is 10.5. The molecule has 1 N–H and O–H groups in total. The number of carbonyl (C=O) groups is 2. The molecule has 2 aliphatic heterocycles. The molecule has 2 aliphatic rings. The average molecular weight is 426 g/mol. The zero-order valence-corrected chi connectivity index (χ0v) is 17.8. The minimum Gasteiger partial charge on any atom is -0.507 e. The summed E-state index contributed by atoms with van der Waals surface area (Å²) in [7, 11) is 0. The van der Waals surface area contributed by atoms with Crippen molar-refractivity contribution in [3.8, 4) is 5.75 Å². The van der Waals surface area contributed by atoms with Crippen LogP contribution in [0.4, 0.5) is 5.69 Å². The molecule has 1 fully saturated rings. The predicted octanol–water partition coefficient (Wildman–Crippen LogP) is 4.26. The Morgan fingerprint density at radius 1 is 1.09 bits per heavy atom. The summed E-state index contributed by atoms with van der Waals surface area (Å²) in [4.78, 5) is 32.1. The van der Waals surface area contributed by atoms with Crippen molar-refractivity contribution in [2.75, 3.05) is 11.5 Å². The molecule has 6 nitrogen and oxygen atoms in total. The first-order chi connectivity index (χ1) is 15.4. The molecule has 0 radical (unpaired) electrons. The van der Waals surface area contributed by atoms with Gasteiger partial charge in [0.15, 0.2) is 0 Å². The number of benzene rings is 2. The number of Topliss-reactive ketones (excluding diaryl/α,β-unsaturated/α-hetero) is 1. The SMILES string of the molecule is Cc1cc(C)cc(N2C(=O)C(=O)/C(=C(\O)c3ccc4c(c3)CCO4)C2c2cccnc2)c1. The number of fused-ring (bicyclic) bond motifs is 1. The van der Waals surface area contributed by atoms with E-state index in [-0.39, 0.29) is 11.3 Å². The molecule has 5 rings (SSSR count). The van der Waals surface area contributed by atoms with E-state index in [1.807, 2.05) is 44.2 Å². The highest BCUT2D eigenvalue weighted by molar-refractivity contribution is 6.51. The van der Waals surface area contributed by atoms with Gasteiger partial charge in [0.05, 0.1) is 18.2 Å². The lowest BCUT2D eigenvalue weighted by Gasteiger charge is -2.26. The Morgan fingerprint density at radius 2 is 1.88 bits per heavy atom. The second kappa shape index (κ2) is 7.64. The van der Waals surface area contributed by atoms with Gasteiger partial charge in [0.1, 0.15) is 11.5 Å². The topological polar surface area (TPSA) is 79.7 Å². The van der Waals surface area contributed by atoms with Crippen molar-refractivity contribution in [2.24, 2.45) is 0 Å². The van der Waals surface area contributed by atoms with E-state index < -0.39 is 17.7 Å². The van der Waals surface area contributed by atoms with E-state index in [1.54, 1.807) is 30.6 Å². The van der Waals surface area contributed by atoms with Crippen LogP contribution in [0.3, 0.4) is 0 Å². The van der Waals surface area contributed by atoms with Gasteiger partial charge in [0, 0.05) is 30.1 Å². The van der Waals surface area contributed by atoms with Crippen LogP contribution in [0.2, 0.25) is 0 Å². The van der Waals surface area contributed by atoms with Crippen molar-refractivity contribution in [2.45, 2.75) is 26.3 Å². The van der Waals surface area contributed by atoms with Crippen molar-refractivity contribution in [1.29, 1.82) is 0 Å². The molecule has 6 heteroatoms. The molecule has 0 spiro atoms. The van der Waals surface area contributed by atoms with Gasteiger partial charge in [-0.15, -0.1) is 0 Å². The average Bonchev–Trinajstić information content (AvgIpc) is 3.35. The Balaban J connectivity index is 1.71. The minimum absolute atomic E-state index is 0.0565. The van der Waals surface area contributed by atoms with E-state index in [1.165, 1.54) is 4.90 Å². The van der Waals surface area contributed by atoms with Crippen molar-refractivity contribution < 1.29 is 19.4 Å². The standard InChI is InChI=1S/C26H22N2O4/c1-15-10-16(2)12-20(11-15)28-23(19-4-3-8-27-14-19)22(25(30)26(28)31)24(29)18-5-6-21-17(13-18)7-9-32-21/h3-6,8,10-14,23,29H,7,9H2,1-2H3/b24-22-. The maximum Gasteiger partial charge on any atom is 0.300 e. The first-order valence-electron chi connectivity index (χ1n) is 10.5. The molecule has 1 saturated heterocycles. The number of hydrogen-bond acceptors (Lipinski definition) is 5. The number of hydrogen-bond donors (Lipinski definition) is 1. The number of aromatic nitrogens is 1. The van der Waals surface area contributed by atoms with Gasteiger partial charge in [0.25, 0.3) is 11.7 Å². The van der Waals surface area contributed by atoms with Gasteiger partial charge in [-0.3, -0.25) is 19.5 Å². The summed E-state index contributed by atoms with van der Waals surface area (Å²) >= 11 is 0. The highest BCUT2D eigenvalue weighted by Crippen LogP contribution is 2.42. The van der Waals surface area contributed by atoms with Crippen molar-refractivity contribution in [1.82, 2.24) is 4.98 Å². The molecule has 3 aromatic rings. The Labute approximate surface area is 185 Å². The summed E-state index contributed by atoms with van der Waals surface area (Å²) in [6.07, 6.45) is 3.99. The lowest BCUT2D eigenvalue weighted by molar-refractivity contribution is -0.132. The number of aryl methyl sites for hydroxylation is 2. The number of carbonyl (C=O) groups excluding carboxylic acids is 2. The number of anilines is 1. The van der Waals surface area contributed by atoms with Gasteiger partial charge >= 0.3 is 0 Å². The molecule has 160 valence electrons. The third-order valence-corrected chi connectivity index (χ3v) is 5.89. The number of nitrogens with zero attached hydrogens (tertiary/aromatic N) is 2. The van der Waals surface area contributed by atoms with Gasteiger partial charge in [-0.2, -0.15) is 0 Å². The van der Waals surface area contributed by atoms with E-state index in [2.05, 4.69) is 4.98 Å². The maximum absolute atomic E-state index is 13.2. The Morgan fingerprint density at radius 3 is 2.59 bits per heavy atom. The lowest BCUT2D eigenvalue weighted by atomic mass is 9.95. The number of pyridine rings is 1. The number of rotatable bonds is 3. The van der Waals surface area contributed by atoms with E-state index >= 15 is 0 Å². The Kier molecular flexibility index (Phi) is 4.78. The largest absolute Gasteiger partial charge is 0.507 e. The summed E-state index contributed by atoms with van der Waals surface area (Å²) in [5, 5.41) is 11.3. The molecule has 0 aliphatic carbocycles. The number of aliphatic hydroxyl groups is 1. The smallest absolute Gasteiger partial charge is 0.300 e. The molecule has 1 amide bonds. The molecule has 1 atom stereocenters. The molecule has 1 aromatic heterocycles. The van der Waals surface area contributed by atoms with Crippen LogP contribution in [0.5, 0.6) is 5.75 Å². The zero-order valence-electron chi connectivity index (χ0n) is 17.8. The second-order valence-corrected chi connectivity index (χ2v) is 8.22. The third-order valence-electron chi connectivity index (χ3n) is 5.89. The first kappa shape index (κ1) is 20.0. The number of ether oxygens (including phenoxy) is 1. The second-order valence-electron chi connectivity index (χ2n) is 8.22. The van der Waals surface area contributed by atoms with Crippen LogP contribution in [0.1, 0.15) is 33.9 Å². The molecule has 2 aromatic carbocycles. The highest BCUT2D eigenvalue weighted by Gasteiger charge is 2.47. The van der Waals surface area contributed by atoms with Crippen LogP contribution in [0.15, 0.2) is 66.5 Å². The van der Waals surface area contributed by atoms with Crippen molar-refractivity contribution in [3.05, 3.63) is 94.3 Å². The minimum atomic E-state index is -0.783. The van der Waals surface area contributed by atoms with Gasteiger partial charge in [0.2, 0.25) is 0 Å². The number of aliphatic hydroxyl groups excluding tert-OH is 1. The molecule has 0 bridgehead atoms. The van der Waals surface area contributed by atoms with Crippen LogP contribution < -0.4 is 9.64 Å². The summed E-state index contributed by atoms with van der Waals surface area (Å²) in [5.74, 6) is -0.804. The van der Waals surface area contributed by atoms with Crippen LogP contribution >= 0.6 is 0 Å². The molecular weight excluding hydrogens is 404 g/mol. The van der Waals surface area contributed by atoms with E-state index in [4.69, 9.17) is 4.74 Å². The van der Waals surface area contributed by atoms with E-state index in [9.17, 15) is 14.7 Å². The normalized spacial score (nSPS) is 19.2. The van der Waals surface area contributed by atoms with Crippen LogP contribution in [-0.4, -0.2) is 28.4 Å². The molecule has 0 saturated carbocycles. The fourth-order valence-electron chi connectivity index (χ4n) is 4.53. The van der Waals surface area contributed by atoms with E-state index in [0.29, 0.717) is 23.4 Å². The molecule has 3 heterocycles. The maximum atomic E-state index is 13.2. The van der Waals surface area contributed by atoms with Crippen molar-refractivity contribution in [3.63, 3.8) is 0 Å².